The van der Waals surface area contributed by atoms with Gasteiger partial charge in [0.05, 0.1) is 0 Å². The predicted molar refractivity (Wildman–Crippen MR) is 90.5 cm³/mol. The van der Waals surface area contributed by atoms with Crippen molar-refractivity contribution in [1.82, 2.24) is 10.6 Å². The van der Waals surface area contributed by atoms with Crippen LogP contribution in [0, 0.1) is 5.92 Å². The molecule has 0 aromatic heterocycles. The van der Waals surface area contributed by atoms with Crippen molar-refractivity contribution >= 4 is 29.9 Å². The number of anilines is 1. The SMILES string of the molecule is CCNC(=O)c1ccc(NC(=O)[C@H]2CCN[C@@H](C)C2)cc1.Cl. The summed E-state index contributed by atoms with van der Waals surface area (Å²) in [5, 5.41) is 9.02. The molecular formula is C16H24ClN3O2. The van der Waals surface area contributed by atoms with E-state index in [9.17, 15) is 9.59 Å². The van der Waals surface area contributed by atoms with E-state index in [0.717, 1.165) is 25.1 Å². The first-order chi connectivity index (χ1) is 10.1. The maximum atomic E-state index is 12.2. The van der Waals surface area contributed by atoms with Crippen LogP contribution in [-0.2, 0) is 4.79 Å². The lowest BCUT2D eigenvalue weighted by atomic mass is 9.92. The molecule has 1 fully saturated rings. The molecule has 2 atom stereocenters. The van der Waals surface area contributed by atoms with Crippen LogP contribution >= 0.6 is 12.4 Å². The Morgan fingerprint density at radius 2 is 1.95 bits per heavy atom. The second kappa shape index (κ2) is 8.76. The number of benzene rings is 1. The molecule has 0 saturated carbocycles. The van der Waals surface area contributed by atoms with Gasteiger partial charge in [0.15, 0.2) is 0 Å². The van der Waals surface area contributed by atoms with E-state index in [1.165, 1.54) is 0 Å². The largest absolute Gasteiger partial charge is 0.352 e. The van der Waals surface area contributed by atoms with Gasteiger partial charge in [0.2, 0.25) is 5.91 Å². The second-order valence-electron chi connectivity index (χ2n) is 5.50. The summed E-state index contributed by atoms with van der Waals surface area (Å²) in [6, 6.07) is 7.38. The zero-order chi connectivity index (χ0) is 15.2. The number of amides is 2. The molecule has 1 aliphatic rings. The third kappa shape index (κ3) is 5.00. The molecule has 1 aromatic carbocycles. The highest BCUT2D eigenvalue weighted by molar-refractivity contribution is 5.96. The lowest BCUT2D eigenvalue weighted by Gasteiger charge is -2.27. The van der Waals surface area contributed by atoms with Crippen molar-refractivity contribution in [2.75, 3.05) is 18.4 Å². The molecule has 0 aliphatic carbocycles. The molecule has 1 saturated heterocycles. The van der Waals surface area contributed by atoms with Crippen molar-refractivity contribution in [3.05, 3.63) is 29.8 Å². The Labute approximate surface area is 137 Å². The van der Waals surface area contributed by atoms with Gasteiger partial charge in [0.25, 0.3) is 5.91 Å². The quantitative estimate of drug-likeness (QED) is 0.794. The van der Waals surface area contributed by atoms with Crippen LogP contribution in [0.4, 0.5) is 5.69 Å². The zero-order valence-electron chi connectivity index (χ0n) is 13.0. The monoisotopic (exact) mass is 325 g/mol. The molecule has 1 aromatic rings. The molecule has 6 heteroatoms. The average Bonchev–Trinajstić information content (AvgIpc) is 2.48. The Morgan fingerprint density at radius 1 is 1.27 bits per heavy atom. The van der Waals surface area contributed by atoms with Crippen molar-refractivity contribution in [3.8, 4) is 0 Å². The van der Waals surface area contributed by atoms with E-state index in [4.69, 9.17) is 0 Å². The minimum atomic E-state index is -0.0949. The van der Waals surface area contributed by atoms with Crippen LogP contribution < -0.4 is 16.0 Å². The van der Waals surface area contributed by atoms with Gasteiger partial charge in [-0.1, -0.05) is 0 Å². The van der Waals surface area contributed by atoms with Crippen molar-refractivity contribution < 1.29 is 9.59 Å². The number of hydrogen-bond donors (Lipinski definition) is 3. The lowest BCUT2D eigenvalue weighted by molar-refractivity contribution is -0.120. The van der Waals surface area contributed by atoms with Crippen molar-refractivity contribution in [2.45, 2.75) is 32.7 Å². The summed E-state index contributed by atoms with van der Waals surface area (Å²) in [6.45, 7) is 5.47. The van der Waals surface area contributed by atoms with Gasteiger partial charge in [0.1, 0.15) is 0 Å². The second-order valence-corrected chi connectivity index (χ2v) is 5.50. The highest BCUT2D eigenvalue weighted by atomic mass is 35.5. The molecule has 0 bridgehead atoms. The molecule has 0 unspecified atom stereocenters. The fourth-order valence-electron chi connectivity index (χ4n) is 2.58. The lowest BCUT2D eigenvalue weighted by Crippen LogP contribution is -2.40. The maximum absolute atomic E-state index is 12.2. The van der Waals surface area contributed by atoms with E-state index in [2.05, 4.69) is 22.9 Å². The maximum Gasteiger partial charge on any atom is 0.251 e. The molecule has 22 heavy (non-hydrogen) atoms. The first kappa shape index (κ1) is 18.5. The molecule has 0 spiro atoms. The predicted octanol–water partition coefficient (Wildman–Crippen LogP) is 2.18. The van der Waals surface area contributed by atoms with Crippen LogP contribution in [0.5, 0.6) is 0 Å². The van der Waals surface area contributed by atoms with E-state index < -0.39 is 0 Å². The smallest absolute Gasteiger partial charge is 0.251 e. The van der Waals surface area contributed by atoms with E-state index in [-0.39, 0.29) is 30.1 Å². The summed E-state index contributed by atoms with van der Waals surface area (Å²) in [6.07, 6.45) is 1.73. The van der Waals surface area contributed by atoms with Crippen LogP contribution in [0.25, 0.3) is 0 Å². The summed E-state index contributed by atoms with van der Waals surface area (Å²) in [5.74, 6) is 0.0287. The van der Waals surface area contributed by atoms with Gasteiger partial charge >= 0.3 is 0 Å². The van der Waals surface area contributed by atoms with Gasteiger partial charge < -0.3 is 16.0 Å². The molecule has 1 aliphatic heterocycles. The Morgan fingerprint density at radius 3 is 2.55 bits per heavy atom. The summed E-state index contributed by atoms with van der Waals surface area (Å²) >= 11 is 0. The highest BCUT2D eigenvalue weighted by Gasteiger charge is 2.24. The van der Waals surface area contributed by atoms with Gasteiger partial charge in [-0.25, -0.2) is 0 Å². The number of hydrogen-bond acceptors (Lipinski definition) is 3. The minimum Gasteiger partial charge on any atom is -0.352 e. The van der Waals surface area contributed by atoms with Crippen LogP contribution in [-0.4, -0.2) is 30.9 Å². The summed E-state index contributed by atoms with van der Waals surface area (Å²) < 4.78 is 0. The molecule has 122 valence electrons. The number of nitrogens with one attached hydrogen (secondary N) is 3. The van der Waals surface area contributed by atoms with E-state index in [0.29, 0.717) is 18.2 Å². The fourth-order valence-corrected chi connectivity index (χ4v) is 2.58. The summed E-state index contributed by atoms with van der Waals surface area (Å²) in [7, 11) is 0. The normalized spacial score (nSPS) is 20.6. The van der Waals surface area contributed by atoms with Gasteiger partial charge in [0, 0.05) is 29.8 Å². The van der Waals surface area contributed by atoms with Gasteiger partial charge in [-0.2, -0.15) is 0 Å². The summed E-state index contributed by atoms with van der Waals surface area (Å²) in [4.78, 5) is 23.9. The van der Waals surface area contributed by atoms with E-state index in [1.807, 2.05) is 6.92 Å². The number of carbonyl (C=O) groups is 2. The Balaban J connectivity index is 0.00000242. The molecule has 3 N–H and O–H groups in total. The molecular weight excluding hydrogens is 302 g/mol. The first-order valence-electron chi connectivity index (χ1n) is 7.52. The standard InChI is InChI=1S/C16H23N3O2.ClH/c1-3-17-15(20)12-4-6-14(7-5-12)19-16(21)13-8-9-18-11(2)10-13;/h4-7,11,13,18H,3,8-10H2,1-2H3,(H,17,20)(H,19,21);1H/t11-,13-;/m0./s1. The van der Waals surface area contributed by atoms with Gasteiger partial charge in [-0.3, -0.25) is 9.59 Å². The third-order valence-electron chi connectivity index (χ3n) is 3.75. The minimum absolute atomic E-state index is 0. The Kier molecular flexibility index (Phi) is 7.35. The topological polar surface area (TPSA) is 70.2 Å². The van der Waals surface area contributed by atoms with Crippen LogP contribution in [0.2, 0.25) is 0 Å². The zero-order valence-corrected chi connectivity index (χ0v) is 13.8. The molecule has 2 rings (SSSR count). The van der Waals surface area contributed by atoms with Gasteiger partial charge in [-0.05, 0) is 57.5 Å². The average molecular weight is 326 g/mol. The van der Waals surface area contributed by atoms with Crippen LogP contribution in [0.15, 0.2) is 24.3 Å². The van der Waals surface area contributed by atoms with Crippen molar-refractivity contribution in [1.29, 1.82) is 0 Å². The molecule has 5 nitrogen and oxygen atoms in total. The highest BCUT2D eigenvalue weighted by Crippen LogP contribution is 2.19. The van der Waals surface area contributed by atoms with Crippen molar-refractivity contribution in [2.24, 2.45) is 5.92 Å². The van der Waals surface area contributed by atoms with E-state index in [1.54, 1.807) is 24.3 Å². The summed E-state index contributed by atoms with van der Waals surface area (Å²) in [5.41, 5.74) is 1.34. The first-order valence-corrected chi connectivity index (χ1v) is 7.52. The van der Waals surface area contributed by atoms with Crippen LogP contribution in [0.3, 0.4) is 0 Å². The third-order valence-corrected chi connectivity index (χ3v) is 3.75. The van der Waals surface area contributed by atoms with Gasteiger partial charge in [-0.15, -0.1) is 12.4 Å². The number of halogens is 1. The Hall–Kier alpha value is -1.59. The molecule has 1 heterocycles. The van der Waals surface area contributed by atoms with E-state index >= 15 is 0 Å². The number of carbonyl (C=O) groups excluding carboxylic acids is 2. The van der Waals surface area contributed by atoms with Crippen LogP contribution in [0.1, 0.15) is 37.0 Å². The van der Waals surface area contributed by atoms with Crippen molar-refractivity contribution in [3.63, 3.8) is 0 Å². The molecule has 0 radical (unpaired) electrons. The number of rotatable bonds is 4. The Bertz CT molecular complexity index is 505. The molecule has 2 amide bonds. The number of piperidine rings is 1. The fraction of sp³-hybridized carbons (Fsp3) is 0.500.